The van der Waals surface area contributed by atoms with Crippen LogP contribution in [-0.2, 0) is 9.47 Å². The number of carbonyl (C=O) groups is 1. The molecule has 1 heterocycles. The Morgan fingerprint density at radius 3 is 2.63 bits per heavy atom. The van der Waals surface area contributed by atoms with Gasteiger partial charge in [0.2, 0.25) is 0 Å². The number of hydrogen-bond donors (Lipinski definition) is 3. The Kier molecular flexibility index (Phi) is 6.98. The second-order valence-electron chi connectivity index (χ2n) is 6.35. The van der Waals surface area contributed by atoms with Crippen molar-refractivity contribution >= 4 is 17.6 Å². The summed E-state index contributed by atoms with van der Waals surface area (Å²) in [6, 6.07) is 3.69. The first-order valence-corrected chi connectivity index (χ1v) is 9.15. The molecule has 27 heavy (non-hydrogen) atoms. The van der Waals surface area contributed by atoms with Gasteiger partial charge in [-0.2, -0.15) is 0 Å². The summed E-state index contributed by atoms with van der Waals surface area (Å²) >= 11 is 5.80. The quantitative estimate of drug-likeness (QED) is 0.397. The molecule has 1 aliphatic rings. The minimum Gasteiger partial charge on any atom is -0.462 e. The van der Waals surface area contributed by atoms with Crippen LogP contribution in [0.5, 0.6) is 0 Å². The van der Waals surface area contributed by atoms with Gasteiger partial charge in [-0.1, -0.05) is 17.7 Å². The van der Waals surface area contributed by atoms with Crippen LogP contribution >= 0.6 is 11.6 Å². The van der Waals surface area contributed by atoms with Gasteiger partial charge in [-0.25, -0.2) is 4.79 Å². The molecule has 0 bridgehead atoms. The molecule has 0 spiro atoms. The summed E-state index contributed by atoms with van der Waals surface area (Å²) in [6.07, 6.45) is 1.34. The summed E-state index contributed by atoms with van der Waals surface area (Å²) in [5.74, 6) is -0.176. The molecule has 1 aromatic carbocycles. The van der Waals surface area contributed by atoms with E-state index in [1.54, 1.807) is 19.1 Å². The SMILES string of the molecule is CCOC(=O)c1ccc(C2CN(C(/C=C(\N)Cl)=C(N)N)CCO2)c(C)c1C. The van der Waals surface area contributed by atoms with Gasteiger partial charge in [-0.3, -0.25) is 0 Å². The number of nitrogens with two attached hydrogens (primary N) is 3. The van der Waals surface area contributed by atoms with Gasteiger partial charge >= 0.3 is 5.97 Å². The molecule has 0 aromatic heterocycles. The lowest BCUT2D eigenvalue weighted by molar-refractivity contribution is -0.0176. The first-order valence-electron chi connectivity index (χ1n) is 8.77. The van der Waals surface area contributed by atoms with E-state index in [0.717, 1.165) is 16.7 Å². The molecule has 0 saturated carbocycles. The Morgan fingerprint density at radius 1 is 1.33 bits per heavy atom. The molecule has 148 valence electrons. The zero-order valence-corrected chi connectivity index (χ0v) is 16.7. The van der Waals surface area contributed by atoms with Gasteiger partial charge in [-0.05, 0) is 49.6 Å². The highest BCUT2D eigenvalue weighted by Crippen LogP contribution is 2.30. The molecular formula is C19H27ClN4O3. The molecule has 7 nitrogen and oxygen atoms in total. The van der Waals surface area contributed by atoms with Crippen LogP contribution in [0.15, 0.2) is 34.9 Å². The van der Waals surface area contributed by atoms with E-state index in [1.165, 1.54) is 0 Å². The predicted molar refractivity (Wildman–Crippen MR) is 106 cm³/mol. The number of ether oxygens (including phenoxy) is 2. The topological polar surface area (TPSA) is 117 Å². The summed E-state index contributed by atoms with van der Waals surface area (Å²) in [5.41, 5.74) is 21.2. The molecule has 1 atom stereocenters. The summed E-state index contributed by atoms with van der Waals surface area (Å²) in [7, 11) is 0. The van der Waals surface area contributed by atoms with Crippen molar-refractivity contribution in [2.75, 3.05) is 26.3 Å². The Bertz CT molecular complexity index is 768. The lowest BCUT2D eigenvalue weighted by atomic mass is 9.94. The zero-order valence-electron chi connectivity index (χ0n) is 15.9. The molecule has 8 heteroatoms. The highest BCUT2D eigenvalue weighted by atomic mass is 35.5. The fourth-order valence-electron chi connectivity index (χ4n) is 3.16. The molecule has 1 aromatic rings. The van der Waals surface area contributed by atoms with E-state index in [1.807, 2.05) is 24.8 Å². The van der Waals surface area contributed by atoms with E-state index in [0.29, 0.717) is 37.6 Å². The smallest absolute Gasteiger partial charge is 0.338 e. The summed E-state index contributed by atoms with van der Waals surface area (Å²) < 4.78 is 11.1. The van der Waals surface area contributed by atoms with E-state index in [9.17, 15) is 4.79 Å². The maximum Gasteiger partial charge on any atom is 0.338 e. The van der Waals surface area contributed by atoms with Crippen LogP contribution in [0.1, 0.15) is 40.1 Å². The third kappa shape index (κ3) is 4.87. The van der Waals surface area contributed by atoms with Crippen molar-refractivity contribution in [3.05, 3.63) is 57.1 Å². The molecule has 0 aliphatic carbocycles. The lowest BCUT2D eigenvalue weighted by Gasteiger charge is -2.36. The average Bonchev–Trinajstić information content (AvgIpc) is 2.61. The fraction of sp³-hybridized carbons (Fsp3) is 0.421. The maximum atomic E-state index is 12.1. The molecule has 0 amide bonds. The van der Waals surface area contributed by atoms with Crippen molar-refractivity contribution in [1.82, 2.24) is 4.90 Å². The van der Waals surface area contributed by atoms with Crippen molar-refractivity contribution in [3.8, 4) is 0 Å². The number of hydrogen-bond acceptors (Lipinski definition) is 7. The van der Waals surface area contributed by atoms with Crippen LogP contribution < -0.4 is 17.2 Å². The van der Waals surface area contributed by atoms with Crippen LogP contribution in [-0.4, -0.2) is 37.2 Å². The minimum absolute atomic E-state index is 0.104. The monoisotopic (exact) mass is 394 g/mol. The van der Waals surface area contributed by atoms with Crippen LogP contribution in [0.3, 0.4) is 0 Å². The predicted octanol–water partition coefficient (Wildman–Crippen LogP) is 1.98. The van der Waals surface area contributed by atoms with Crippen LogP contribution in [0, 0.1) is 13.8 Å². The summed E-state index contributed by atoms with van der Waals surface area (Å²) in [5, 5.41) is 0.104. The van der Waals surface area contributed by atoms with E-state index in [4.69, 9.17) is 38.3 Å². The standard InChI is InChI=1S/C19H27ClN4O3/c1-4-26-19(25)14-6-5-13(11(2)12(14)3)16-10-24(7-8-27-16)15(18(22)23)9-17(20)21/h5-6,9,16H,4,7-8,10,21-23H2,1-3H3/b17-9-. The van der Waals surface area contributed by atoms with Crippen molar-refractivity contribution in [2.45, 2.75) is 26.9 Å². The highest BCUT2D eigenvalue weighted by Gasteiger charge is 2.26. The third-order valence-electron chi connectivity index (χ3n) is 4.65. The number of allylic oxidation sites excluding steroid dienone is 1. The van der Waals surface area contributed by atoms with E-state index < -0.39 is 0 Å². The third-order valence-corrected chi connectivity index (χ3v) is 4.76. The van der Waals surface area contributed by atoms with Gasteiger partial charge in [0.25, 0.3) is 0 Å². The Hall–Kier alpha value is -2.38. The van der Waals surface area contributed by atoms with Crippen LogP contribution in [0.2, 0.25) is 0 Å². The van der Waals surface area contributed by atoms with Crippen molar-refractivity contribution in [2.24, 2.45) is 17.2 Å². The molecule has 1 unspecified atom stereocenters. The van der Waals surface area contributed by atoms with E-state index in [2.05, 4.69) is 0 Å². The largest absolute Gasteiger partial charge is 0.462 e. The number of halogens is 1. The van der Waals surface area contributed by atoms with Crippen molar-refractivity contribution in [3.63, 3.8) is 0 Å². The molecule has 0 radical (unpaired) electrons. The molecule has 1 saturated heterocycles. The second kappa shape index (κ2) is 9.01. The van der Waals surface area contributed by atoms with Gasteiger partial charge in [-0.15, -0.1) is 0 Å². The minimum atomic E-state index is -0.320. The summed E-state index contributed by atoms with van der Waals surface area (Å²) in [4.78, 5) is 14.1. The van der Waals surface area contributed by atoms with Gasteiger partial charge in [0.1, 0.15) is 17.1 Å². The van der Waals surface area contributed by atoms with Gasteiger partial charge in [0.15, 0.2) is 0 Å². The summed E-state index contributed by atoms with van der Waals surface area (Å²) in [6.45, 7) is 7.65. The highest BCUT2D eigenvalue weighted by molar-refractivity contribution is 6.29. The maximum absolute atomic E-state index is 12.1. The molecule has 6 N–H and O–H groups in total. The normalized spacial score (nSPS) is 17.6. The zero-order chi connectivity index (χ0) is 20.1. The average molecular weight is 395 g/mol. The fourth-order valence-corrected chi connectivity index (χ4v) is 3.27. The first kappa shape index (κ1) is 20.9. The Labute approximate surface area is 164 Å². The number of morpholine rings is 1. The van der Waals surface area contributed by atoms with Crippen molar-refractivity contribution < 1.29 is 14.3 Å². The van der Waals surface area contributed by atoms with Gasteiger partial charge in [0.05, 0.1) is 24.5 Å². The Morgan fingerprint density at radius 2 is 2.04 bits per heavy atom. The first-order chi connectivity index (χ1) is 12.8. The second-order valence-corrected chi connectivity index (χ2v) is 6.78. The van der Waals surface area contributed by atoms with Crippen LogP contribution in [0.25, 0.3) is 0 Å². The van der Waals surface area contributed by atoms with E-state index in [-0.39, 0.29) is 23.1 Å². The van der Waals surface area contributed by atoms with E-state index >= 15 is 0 Å². The molecule has 1 aliphatic heterocycles. The lowest BCUT2D eigenvalue weighted by Crippen LogP contribution is -2.39. The van der Waals surface area contributed by atoms with Crippen LogP contribution in [0.4, 0.5) is 0 Å². The molecular weight excluding hydrogens is 368 g/mol. The number of esters is 1. The number of carbonyl (C=O) groups excluding carboxylic acids is 1. The van der Waals surface area contributed by atoms with Gasteiger partial charge < -0.3 is 31.6 Å². The molecule has 1 fully saturated rings. The Balaban J connectivity index is 2.31. The number of benzene rings is 1. The van der Waals surface area contributed by atoms with Crippen molar-refractivity contribution in [1.29, 1.82) is 0 Å². The number of rotatable bonds is 5. The molecule has 2 rings (SSSR count). The number of nitrogens with zero attached hydrogens (tertiary/aromatic N) is 1. The van der Waals surface area contributed by atoms with Gasteiger partial charge in [0, 0.05) is 13.1 Å².